The minimum atomic E-state index is -0.481. The number of hydrogen-bond donors (Lipinski definition) is 15. The van der Waals surface area contributed by atoms with E-state index < -0.39 is 6.23 Å². The van der Waals surface area contributed by atoms with Crippen LogP contribution in [0.25, 0.3) is 0 Å². The van der Waals surface area contributed by atoms with Gasteiger partial charge < -0.3 is 64.1 Å². The van der Waals surface area contributed by atoms with Gasteiger partial charge in [0.2, 0.25) is 29.2 Å². The molecule has 0 saturated heterocycles. The summed E-state index contributed by atoms with van der Waals surface area (Å²) in [5.41, 5.74) is 25.3. The number of amides is 4. The van der Waals surface area contributed by atoms with E-state index in [0.717, 1.165) is 64.6 Å². The lowest BCUT2D eigenvalue weighted by atomic mass is 9.99. The summed E-state index contributed by atoms with van der Waals surface area (Å²) < 4.78 is 0. The zero-order valence-corrected chi connectivity index (χ0v) is 98.1. The highest BCUT2D eigenvalue weighted by atomic mass is 16.3. The van der Waals surface area contributed by atoms with Crippen LogP contribution in [-0.2, 0) is 24.0 Å². The third-order valence-corrected chi connectivity index (χ3v) is 16.4. The number of tetrazole rings is 3. The van der Waals surface area contributed by atoms with Crippen molar-refractivity contribution in [3.63, 3.8) is 0 Å². The van der Waals surface area contributed by atoms with E-state index in [1.54, 1.807) is 64.4 Å². The van der Waals surface area contributed by atoms with Gasteiger partial charge in [-0.15, -0.1) is 35.7 Å². The molecule has 6 aromatic heterocycles. The van der Waals surface area contributed by atoms with Gasteiger partial charge in [-0.3, -0.25) is 33.8 Å². The van der Waals surface area contributed by atoms with Crippen molar-refractivity contribution in [1.29, 1.82) is 0 Å². The predicted octanol–water partition coefficient (Wildman–Crippen LogP) is 22.6. The number of carbonyl (C=O) groups excluding carboxylic acids is 5. The van der Waals surface area contributed by atoms with Crippen LogP contribution in [0.5, 0.6) is 0 Å². The van der Waals surface area contributed by atoms with Crippen LogP contribution in [0.2, 0.25) is 0 Å². The van der Waals surface area contributed by atoms with Crippen molar-refractivity contribution in [3.05, 3.63) is 136 Å². The van der Waals surface area contributed by atoms with Crippen LogP contribution >= 0.6 is 0 Å². The van der Waals surface area contributed by atoms with E-state index in [4.69, 9.17) is 33.1 Å². The number of H-pyrrole nitrogens is 6. The number of aliphatic imine (C=N–C) groups is 1. The van der Waals surface area contributed by atoms with Crippen molar-refractivity contribution in [2.24, 2.45) is 126 Å². The second-order valence-electron chi connectivity index (χ2n) is 41.8. The fourth-order valence-corrected chi connectivity index (χ4v) is 7.55. The maximum atomic E-state index is 11.0. The van der Waals surface area contributed by atoms with Crippen molar-refractivity contribution in [1.82, 2.24) is 103 Å². The molecule has 0 saturated carbocycles. The van der Waals surface area contributed by atoms with Crippen LogP contribution in [0.4, 0.5) is 0 Å². The third kappa shape index (κ3) is 110. The average molecular weight is 2010 g/mol. The lowest BCUT2D eigenvalue weighted by Gasteiger charge is -2.09. The van der Waals surface area contributed by atoms with E-state index in [2.05, 4.69) is 295 Å². The number of pyridine rings is 1. The van der Waals surface area contributed by atoms with Crippen LogP contribution in [0.3, 0.4) is 0 Å². The number of carbonyl (C=O) groups is 5. The molecular weight excluding hydrogens is 1790 g/mol. The lowest BCUT2D eigenvalue weighted by Crippen LogP contribution is -2.33. The topological polar surface area (TPSA) is 569 Å². The maximum Gasteiger partial charge on any atom is 0.247 e. The molecule has 36 heteroatoms. The molecule has 0 bridgehead atoms. The van der Waals surface area contributed by atoms with Gasteiger partial charge in [-0.1, -0.05) is 339 Å². The van der Waals surface area contributed by atoms with Crippen LogP contribution in [-0.4, -0.2) is 169 Å². The second kappa shape index (κ2) is 92.6. The van der Waals surface area contributed by atoms with Crippen LogP contribution in [0.15, 0.2) is 110 Å². The first-order chi connectivity index (χ1) is 65.2. The van der Waals surface area contributed by atoms with E-state index >= 15 is 0 Å². The Hall–Kier alpha value is -10.8. The molecule has 6 aromatic rings. The van der Waals surface area contributed by atoms with Gasteiger partial charge in [-0.25, -0.2) is 9.97 Å². The molecule has 0 aliphatic carbocycles. The molecule has 2 aliphatic heterocycles. The summed E-state index contributed by atoms with van der Waals surface area (Å²) in [5, 5.41) is 77.1. The van der Waals surface area contributed by atoms with E-state index in [9.17, 15) is 28.8 Å². The zero-order chi connectivity index (χ0) is 113. The van der Waals surface area contributed by atoms with E-state index in [-0.39, 0.29) is 76.8 Å². The summed E-state index contributed by atoms with van der Waals surface area (Å²) in [4.78, 5) is 84.5. The highest BCUT2D eigenvalue weighted by Crippen LogP contribution is 2.18. The number of amidine groups is 1. The maximum absolute atomic E-state index is 11.0. The Labute approximate surface area is 860 Å². The van der Waals surface area contributed by atoms with Gasteiger partial charge in [0.1, 0.15) is 30.2 Å². The molecule has 0 radical (unpaired) electrons. The molecular formula is C106H210N28O8. The van der Waals surface area contributed by atoms with Crippen molar-refractivity contribution in [2.45, 2.75) is 418 Å². The molecule has 0 spiro atoms. The number of allylic oxidation sites excluding steroid dienone is 6. The van der Waals surface area contributed by atoms with Crippen LogP contribution in [0, 0.1) is 82.9 Å². The number of imidazole rings is 2. The number of ketones is 1. The van der Waals surface area contributed by atoms with Gasteiger partial charge in [0.05, 0.1) is 17.3 Å². The number of rotatable bonds is 23. The van der Waals surface area contributed by atoms with Gasteiger partial charge in [-0.05, 0) is 131 Å². The fourth-order valence-electron chi connectivity index (χ4n) is 7.55. The number of nitrogens with zero attached hydrogens (tertiary/aromatic N) is 15. The average Bonchev–Trinajstić information content (AvgIpc) is 1.75. The molecule has 142 heavy (non-hydrogen) atoms. The first kappa shape index (κ1) is 151. The van der Waals surface area contributed by atoms with Crippen LogP contribution in [0.1, 0.15) is 435 Å². The largest absolute Gasteiger partial charge is 0.512 e. The summed E-state index contributed by atoms with van der Waals surface area (Å²) in [6, 6.07) is 5.78. The van der Waals surface area contributed by atoms with Crippen LogP contribution < -0.4 is 44.4 Å². The number of Topliss-reactive ketones (excluding diaryl/α,β-unsaturated/α-hetero) is 1. The Morgan fingerprint density at radius 1 is 0.451 bits per heavy atom. The van der Waals surface area contributed by atoms with Crippen molar-refractivity contribution >= 4 is 41.0 Å². The summed E-state index contributed by atoms with van der Waals surface area (Å²) in [5.74, 6) is 14.4. The molecule has 2 aliphatic rings. The quantitative estimate of drug-likeness (QED) is 0.0161. The normalized spacial score (nSPS) is 12.1. The molecule has 36 nitrogen and oxygen atoms in total. The third-order valence-electron chi connectivity index (χ3n) is 16.4. The smallest absolute Gasteiger partial charge is 0.247 e. The number of nitrogens with two attached hydrogens (primary N) is 4. The standard InChI is InChI=1S/2C9H16N2.C8H17N.2C8H16O.C7H16N2.2C7H15NO.C5H9N3.C5H7NO.C5H5NO.3C4H8N4.2C4H9NO.2C4H10/c2*1-6(2)8-5-10-9(11-8)7(3)4;3*1-6(2)5-8(9)7(3)4;1-5(2)7(8)9-6(3)4;2*1-5(2)7(9)8-6(3)4;1-4(2)5-3-6-8-7-5;2*7-5-3-1-2-4-6-5;3*1-3(2)4-5-7-8-6-4;2*1-3(2)4(5)6;2*1-4(2)3/h2*5-7H,1-4H3,(H,10,11);5-7H,9H2,1-4H3;6-7H,5H2,1-4H3;5-7,9H,1-4H3;5-6H,1-4H3,(H2,8,9);2*5-6H,1-4H3,(H,8,9);4H,3H2,1-2H3;1-7H;1-4H,(H,6,7);3*3H,1-2H3,(H,5,6,7,8);2*3H,1-2H3,(H2,5,6);2*4H,1-3H3/b;;8-5-;;8-5-;;;;;;;;;;;;;. The number of dihydropyridines is 1. The van der Waals surface area contributed by atoms with E-state index in [1.807, 2.05) is 177 Å². The second-order valence-corrected chi connectivity index (χ2v) is 41.8. The summed E-state index contributed by atoms with van der Waals surface area (Å²) >= 11 is 0. The number of aromatic amines is 6. The molecule has 0 fully saturated rings. The molecule has 0 aromatic carbocycles. The zero-order valence-electron chi connectivity index (χ0n) is 98.1. The molecule has 1 unspecified atom stereocenters. The molecule has 8 heterocycles. The molecule has 822 valence electrons. The fraction of sp³-hybridized carbons (Fsp3) is 0.726. The number of primary amides is 2. The molecule has 4 amide bonds. The highest BCUT2D eigenvalue weighted by Gasteiger charge is 2.13. The number of hydrogen-bond acceptors (Lipinski definition) is 25. The predicted molar refractivity (Wildman–Crippen MR) is 593 cm³/mol. The van der Waals surface area contributed by atoms with E-state index in [1.165, 1.54) is 17.5 Å². The van der Waals surface area contributed by atoms with E-state index in [0.29, 0.717) is 101 Å². The Morgan fingerprint density at radius 2 is 0.810 bits per heavy atom. The van der Waals surface area contributed by atoms with Gasteiger partial charge >= 0.3 is 0 Å². The number of aliphatic hydroxyl groups is 2. The first-order valence-electron chi connectivity index (χ1n) is 50.8. The minimum absolute atomic E-state index is 0.00926. The number of aliphatic hydroxyl groups excluding tert-OH is 2. The Morgan fingerprint density at radius 3 is 0.923 bits per heavy atom. The monoisotopic (exact) mass is 2000 g/mol. The van der Waals surface area contributed by atoms with Gasteiger partial charge in [0.25, 0.3) is 0 Å². The Balaban J connectivity index is -0.000000163. The number of nitrogens with one attached hydrogen (secondary N) is 9. The van der Waals surface area contributed by atoms with Crippen molar-refractivity contribution in [3.8, 4) is 0 Å². The van der Waals surface area contributed by atoms with Gasteiger partial charge in [-0.2, -0.15) is 20.8 Å². The Bertz CT molecular complexity index is 3840. The SMILES string of the molecule is CC(C)/C=C(\N)C(C)C.CC(C)/C=C(\O)C(C)C.CC(C)C.CC(C)C.CC(C)C(N)=O.CC(C)C(N)=O.CC(C)C1=NN=NC1.CC(C)CC(=O)C(C)C.CC(C)N=C(N)C(C)C.CC(C)NC(=O)C(C)C.CC(C)NC(=O)C(C)C.CC(C)c1cnc(C(C)C)[nH]1.CC(C)c1cnc(C(C)C)[nH]1.CC(C)c1nn[nH]n1.CC(C)c1nn[nH]n1.CC(C)c1nn[nH]n1.O=c1cccc[nH]1.OC1C=CC=CN1. The minimum Gasteiger partial charge on any atom is -0.512 e. The summed E-state index contributed by atoms with van der Waals surface area (Å²) in [6.07, 6.45) is 16.7. The van der Waals surface area contributed by atoms with Crippen molar-refractivity contribution in [2.75, 3.05) is 6.54 Å². The number of aromatic nitrogens is 17. The summed E-state index contributed by atoms with van der Waals surface area (Å²) in [7, 11) is 0. The van der Waals surface area contributed by atoms with Gasteiger partial charge in [0.15, 0.2) is 17.5 Å². The summed E-state index contributed by atoms with van der Waals surface area (Å²) in [6.45, 7) is 102. The molecule has 19 N–H and O–H groups in total. The first-order valence-corrected chi connectivity index (χ1v) is 50.8. The Kier molecular flexibility index (Phi) is 98.7. The molecule has 1 atom stereocenters. The van der Waals surface area contributed by atoms with Crippen molar-refractivity contribution < 1.29 is 34.2 Å². The lowest BCUT2D eigenvalue weighted by molar-refractivity contribution is -0.125. The van der Waals surface area contributed by atoms with Gasteiger partial charge in [0, 0.05) is 137 Å². The highest BCUT2D eigenvalue weighted by molar-refractivity contribution is 5.88. The molecule has 8 rings (SSSR count).